The third-order valence-electron chi connectivity index (χ3n) is 2.52. The van der Waals surface area contributed by atoms with Crippen LogP contribution in [-0.4, -0.2) is 29.0 Å². The lowest BCUT2D eigenvalue weighted by Crippen LogP contribution is -2.15. The molecule has 0 radical (unpaired) electrons. The molecular formula is C14H15N3O2S. The van der Waals surface area contributed by atoms with E-state index in [1.165, 1.54) is 0 Å². The summed E-state index contributed by atoms with van der Waals surface area (Å²) >= 11 is 1.57. The summed E-state index contributed by atoms with van der Waals surface area (Å²) in [7, 11) is 0. The first-order chi connectivity index (χ1) is 9.74. The molecule has 5 nitrogen and oxygen atoms in total. The van der Waals surface area contributed by atoms with Crippen molar-refractivity contribution >= 4 is 23.4 Å². The highest BCUT2D eigenvalue weighted by atomic mass is 32.2. The highest BCUT2D eigenvalue weighted by molar-refractivity contribution is 7.98. The fourth-order valence-electron chi connectivity index (χ4n) is 1.60. The number of benzene rings is 1. The van der Waals surface area contributed by atoms with Gasteiger partial charge in [0.1, 0.15) is 0 Å². The summed E-state index contributed by atoms with van der Waals surface area (Å²) in [6.07, 6.45) is 1.96. The van der Waals surface area contributed by atoms with E-state index in [9.17, 15) is 4.79 Å². The summed E-state index contributed by atoms with van der Waals surface area (Å²) < 4.78 is 5.19. The number of ether oxygens (including phenoxy) is 1. The second kappa shape index (κ2) is 6.91. The summed E-state index contributed by atoms with van der Waals surface area (Å²) in [5.41, 5.74) is 1.02. The molecule has 1 aromatic carbocycles. The SMILES string of the molecule is CCOc1ccc(C(=O)Nc2ccccc2SC)nn1. The molecule has 0 saturated carbocycles. The number of thioether (sulfide) groups is 1. The molecule has 0 atom stereocenters. The van der Waals surface area contributed by atoms with Crippen LogP contribution in [0.5, 0.6) is 5.88 Å². The van der Waals surface area contributed by atoms with Crippen LogP contribution < -0.4 is 10.1 Å². The first-order valence-electron chi connectivity index (χ1n) is 6.15. The molecule has 1 N–H and O–H groups in total. The van der Waals surface area contributed by atoms with Gasteiger partial charge in [0, 0.05) is 11.0 Å². The normalized spacial score (nSPS) is 10.1. The zero-order chi connectivity index (χ0) is 14.4. The molecule has 2 aromatic rings. The summed E-state index contributed by atoms with van der Waals surface area (Å²) in [6.45, 7) is 2.38. The molecule has 1 heterocycles. The number of nitrogens with zero attached hydrogens (tertiary/aromatic N) is 2. The molecular weight excluding hydrogens is 274 g/mol. The molecule has 0 unspecified atom stereocenters. The molecule has 1 amide bonds. The molecule has 6 heteroatoms. The number of amides is 1. The van der Waals surface area contributed by atoms with E-state index in [0.717, 1.165) is 10.6 Å². The molecule has 0 spiro atoms. The second-order valence-corrected chi connectivity index (χ2v) is 4.69. The highest BCUT2D eigenvalue weighted by Crippen LogP contribution is 2.24. The molecule has 0 aliphatic carbocycles. The number of rotatable bonds is 5. The quantitative estimate of drug-likeness (QED) is 0.857. The Morgan fingerprint density at radius 1 is 1.25 bits per heavy atom. The standard InChI is InChI=1S/C14H15N3O2S/c1-3-19-13-9-8-11(16-17-13)14(18)15-10-6-4-5-7-12(10)20-2/h4-9H,3H2,1-2H3,(H,15,18). The Morgan fingerprint density at radius 2 is 2.05 bits per heavy atom. The van der Waals surface area contributed by atoms with Gasteiger partial charge in [-0.2, -0.15) is 0 Å². The average Bonchev–Trinajstić information content (AvgIpc) is 2.49. The molecule has 1 aromatic heterocycles. The van der Waals surface area contributed by atoms with Crippen molar-refractivity contribution < 1.29 is 9.53 Å². The van der Waals surface area contributed by atoms with Crippen molar-refractivity contribution in [3.63, 3.8) is 0 Å². The maximum Gasteiger partial charge on any atom is 0.276 e. The van der Waals surface area contributed by atoms with Crippen LogP contribution in [0.15, 0.2) is 41.3 Å². The predicted molar refractivity (Wildman–Crippen MR) is 79.4 cm³/mol. The highest BCUT2D eigenvalue weighted by Gasteiger charge is 2.10. The van der Waals surface area contributed by atoms with Gasteiger partial charge in [-0.3, -0.25) is 4.79 Å². The topological polar surface area (TPSA) is 64.1 Å². The van der Waals surface area contributed by atoms with E-state index in [0.29, 0.717) is 12.5 Å². The molecule has 0 bridgehead atoms. The van der Waals surface area contributed by atoms with Crippen LogP contribution in [0.1, 0.15) is 17.4 Å². The fraction of sp³-hybridized carbons (Fsp3) is 0.214. The van der Waals surface area contributed by atoms with E-state index in [1.54, 1.807) is 23.9 Å². The van der Waals surface area contributed by atoms with Crippen molar-refractivity contribution in [1.82, 2.24) is 10.2 Å². The zero-order valence-electron chi connectivity index (χ0n) is 11.3. The predicted octanol–water partition coefficient (Wildman–Crippen LogP) is 2.85. The van der Waals surface area contributed by atoms with Crippen LogP contribution in [0.25, 0.3) is 0 Å². The fourth-order valence-corrected chi connectivity index (χ4v) is 2.15. The van der Waals surface area contributed by atoms with E-state index in [2.05, 4.69) is 15.5 Å². The molecule has 0 aliphatic rings. The van der Waals surface area contributed by atoms with E-state index in [-0.39, 0.29) is 11.6 Å². The minimum atomic E-state index is -0.290. The van der Waals surface area contributed by atoms with Gasteiger partial charge in [-0.15, -0.1) is 22.0 Å². The van der Waals surface area contributed by atoms with Crippen LogP contribution in [0.2, 0.25) is 0 Å². The number of carbonyl (C=O) groups is 1. The van der Waals surface area contributed by atoms with E-state index >= 15 is 0 Å². The number of hydrogen-bond donors (Lipinski definition) is 1. The lowest BCUT2D eigenvalue weighted by atomic mass is 10.3. The number of nitrogens with one attached hydrogen (secondary N) is 1. The van der Waals surface area contributed by atoms with Crippen molar-refractivity contribution in [3.05, 3.63) is 42.1 Å². The van der Waals surface area contributed by atoms with Crippen molar-refractivity contribution in [2.75, 3.05) is 18.2 Å². The number of aromatic nitrogens is 2. The first-order valence-corrected chi connectivity index (χ1v) is 7.38. The van der Waals surface area contributed by atoms with E-state index < -0.39 is 0 Å². The van der Waals surface area contributed by atoms with Gasteiger partial charge in [0.15, 0.2) is 5.69 Å². The van der Waals surface area contributed by atoms with Crippen LogP contribution in [0, 0.1) is 0 Å². The van der Waals surface area contributed by atoms with Crippen LogP contribution in [0.4, 0.5) is 5.69 Å². The van der Waals surface area contributed by atoms with Gasteiger partial charge in [0.05, 0.1) is 12.3 Å². The maximum atomic E-state index is 12.1. The first kappa shape index (κ1) is 14.3. The average molecular weight is 289 g/mol. The van der Waals surface area contributed by atoms with Gasteiger partial charge in [0.25, 0.3) is 5.91 Å². The van der Waals surface area contributed by atoms with Crippen molar-refractivity contribution in [3.8, 4) is 5.88 Å². The Bertz CT molecular complexity index is 587. The smallest absolute Gasteiger partial charge is 0.276 e. The molecule has 0 aliphatic heterocycles. The molecule has 104 valence electrons. The minimum absolute atomic E-state index is 0.254. The molecule has 20 heavy (non-hydrogen) atoms. The monoisotopic (exact) mass is 289 g/mol. The Labute approximate surface area is 121 Å². The Kier molecular flexibility index (Phi) is 4.95. The van der Waals surface area contributed by atoms with Gasteiger partial charge in [0.2, 0.25) is 5.88 Å². The molecule has 0 fully saturated rings. The van der Waals surface area contributed by atoms with E-state index in [4.69, 9.17) is 4.74 Å². The van der Waals surface area contributed by atoms with Crippen LogP contribution in [0.3, 0.4) is 0 Å². The number of carbonyl (C=O) groups excluding carboxylic acids is 1. The van der Waals surface area contributed by atoms with Gasteiger partial charge in [-0.1, -0.05) is 12.1 Å². The number of anilines is 1. The van der Waals surface area contributed by atoms with Crippen molar-refractivity contribution in [2.24, 2.45) is 0 Å². The van der Waals surface area contributed by atoms with Gasteiger partial charge < -0.3 is 10.1 Å². The summed E-state index contributed by atoms with van der Waals surface area (Å²) in [5.74, 6) is 0.121. The molecule has 2 rings (SSSR count). The Hall–Kier alpha value is -2.08. The van der Waals surface area contributed by atoms with Gasteiger partial charge in [-0.05, 0) is 31.4 Å². The number of para-hydroxylation sites is 1. The summed E-state index contributed by atoms with van der Waals surface area (Å²) in [6, 6.07) is 10.8. The minimum Gasteiger partial charge on any atom is -0.477 e. The lowest BCUT2D eigenvalue weighted by molar-refractivity contribution is 0.102. The molecule has 0 saturated heterocycles. The number of hydrogen-bond acceptors (Lipinski definition) is 5. The third-order valence-corrected chi connectivity index (χ3v) is 3.32. The van der Waals surface area contributed by atoms with Crippen LogP contribution >= 0.6 is 11.8 Å². The van der Waals surface area contributed by atoms with Gasteiger partial charge >= 0.3 is 0 Å². The maximum absolute atomic E-state index is 12.1. The van der Waals surface area contributed by atoms with Crippen LogP contribution in [-0.2, 0) is 0 Å². The van der Waals surface area contributed by atoms with Crippen molar-refractivity contribution in [2.45, 2.75) is 11.8 Å². The van der Waals surface area contributed by atoms with Gasteiger partial charge in [-0.25, -0.2) is 0 Å². The Balaban J connectivity index is 2.11. The lowest BCUT2D eigenvalue weighted by Gasteiger charge is -2.08. The largest absolute Gasteiger partial charge is 0.477 e. The van der Waals surface area contributed by atoms with Crippen molar-refractivity contribution in [1.29, 1.82) is 0 Å². The Morgan fingerprint density at radius 3 is 2.70 bits per heavy atom. The summed E-state index contributed by atoms with van der Waals surface area (Å²) in [5, 5.41) is 10.5. The second-order valence-electron chi connectivity index (χ2n) is 3.84. The summed E-state index contributed by atoms with van der Waals surface area (Å²) in [4.78, 5) is 13.1. The third kappa shape index (κ3) is 3.48. The zero-order valence-corrected chi connectivity index (χ0v) is 12.1. The van der Waals surface area contributed by atoms with E-state index in [1.807, 2.05) is 37.4 Å².